The zero-order valence-corrected chi connectivity index (χ0v) is 8.20. The maximum absolute atomic E-state index is 9.58. The Hall–Kier alpha value is -0.570. The number of benzene rings is 1. The van der Waals surface area contributed by atoms with Crippen molar-refractivity contribution < 1.29 is 10.2 Å². The Kier molecular flexibility index (Phi) is 3.72. The molecule has 13 heavy (non-hydrogen) atoms. The molecule has 1 aromatic rings. The molecular formula is C10H13ClO2. The minimum atomic E-state index is -0.900. The maximum atomic E-state index is 9.58. The molecule has 1 rings (SSSR count). The predicted molar refractivity (Wildman–Crippen MR) is 52.9 cm³/mol. The van der Waals surface area contributed by atoms with Crippen LogP contribution in [0.4, 0.5) is 0 Å². The first kappa shape index (κ1) is 10.5. The van der Waals surface area contributed by atoms with Gasteiger partial charge in [0.25, 0.3) is 0 Å². The molecule has 0 spiro atoms. The largest absolute Gasteiger partial charge is 0.389 e. The summed E-state index contributed by atoms with van der Waals surface area (Å²) < 4.78 is 0. The third kappa shape index (κ3) is 2.69. The molecule has 0 bridgehead atoms. The summed E-state index contributed by atoms with van der Waals surface area (Å²) in [6.07, 6.45) is -1.79. The van der Waals surface area contributed by atoms with Gasteiger partial charge in [0.15, 0.2) is 0 Å². The lowest BCUT2D eigenvalue weighted by atomic mass is 10.0. The first-order valence-electron chi connectivity index (χ1n) is 4.14. The quantitative estimate of drug-likeness (QED) is 0.729. The fraction of sp³-hybridized carbons (Fsp3) is 0.400. The average Bonchev–Trinajstić information content (AvgIpc) is 2.15. The molecule has 0 aliphatic carbocycles. The lowest BCUT2D eigenvalue weighted by molar-refractivity contribution is 0.0327. The maximum Gasteiger partial charge on any atom is 0.106 e. The fourth-order valence-electron chi connectivity index (χ4n) is 1.16. The number of hydrogen-bond acceptors (Lipinski definition) is 2. The van der Waals surface area contributed by atoms with E-state index in [0.29, 0.717) is 5.56 Å². The molecule has 0 heterocycles. The Bertz CT molecular complexity index is 275. The molecule has 0 fully saturated rings. The Morgan fingerprint density at radius 3 is 2.62 bits per heavy atom. The van der Waals surface area contributed by atoms with Gasteiger partial charge >= 0.3 is 0 Å². The molecule has 0 saturated carbocycles. The summed E-state index contributed by atoms with van der Waals surface area (Å²) in [4.78, 5) is 0. The highest BCUT2D eigenvalue weighted by Gasteiger charge is 2.16. The summed E-state index contributed by atoms with van der Waals surface area (Å²) in [5, 5.41) is 18.9. The average molecular weight is 201 g/mol. The van der Waals surface area contributed by atoms with Crippen LogP contribution in [0.15, 0.2) is 24.3 Å². The number of alkyl halides is 1. The summed E-state index contributed by atoms with van der Waals surface area (Å²) in [5.74, 6) is 0.0368. The summed E-state index contributed by atoms with van der Waals surface area (Å²) in [6, 6.07) is 7.38. The Morgan fingerprint density at radius 2 is 2.08 bits per heavy atom. The van der Waals surface area contributed by atoms with Crippen molar-refractivity contribution in [2.45, 2.75) is 19.1 Å². The SMILES string of the molecule is Cc1cccc(C(O)C(O)CCl)c1. The molecule has 0 radical (unpaired) electrons. The van der Waals surface area contributed by atoms with Crippen LogP contribution in [-0.4, -0.2) is 22.2 Å². The van der Waals surface area contributed by atoms with Crippen LogP contribution in [0.3, 0.4) is 0 Å². The molecular weight excluding hydrogens is 188 g/mol. The number of halogens is 1. The normalized spacial score (nSPS) is 15.4. The second-order valence-corrected chi connectivity index (χ2v) is 3.39. The van der Waals surface area contributed by atoms with Crippen LogP contribution in [0.25, 0.3) is 0 Å². The van der Waals surface area contributed by atoms with Gasteiger partial charge in [-0.1, -0.05) is 29.8 Å². The molecule has 2 nitrogen and oxygen atoms in total. The monoisotopic (exact) mass is 200 g/mol. The van der Waals surface area contributed by atoms with E-state index in [4.69, 9.17) is 11.6 Å². The minimum absolute atomic E-state index is 0.0368. The van der Waals surface area contributed by atoms with E-state index in [1.165, 1.54) is 0 Å². The van der Waals surface area contributed by atoms with Crippen LogP contribution in [0.2, 0.25) is 0 Å². The van der Waals surface area contributed by atoms with E-state index in [-0.39, 0.29) is 5.88 Å². The van der Waals surface area contributed by atoms with Gasteiger partial charge in [-0.2, -0.15) is 0 Å². The summed E-state index contributed by atoms with van der Waals surface area (Å²) in [6.45, 7) is 1.93. The van der Waals surface area contributed by atoms with Gasteiger partial charge in [0.05, 0.1) is 12.0 Å². The van der Waals surface area contributed by atoms with Crippen molar-refractivity contribution in [2.75, 3.05) is 5.88 Å². The molecule has 2 unspecified atom stereocenters. The summed E-state index contributed by atoms with van der Waals surface area (Å²) in [5.41, 5.74) is 1.76. The van der Waals surface area contributed by atoms with Crippen molar-refractivity contribution in [3.05, 3.63) is 35.4 Å². The molecule has 0 saturated heterocycles. The van der Waals surface area contributed by atoms with Gasteiger partial charge in [-0.15, -0.1) is 11.6 Å². The first-order chi connectivity index (χ1) is 6.15. The Balaban J connectivity index is 2.82. The Labute approximate surface area is 82.8 Å². The van der Waals surface area contributed by atoms with Crippen LogP contribution in [0, 0.1) is 6.92 Å². The lowest BCUT2D eigenvalue weighted by Crippen LogP contribution is -2.19. The van der Waals surface area contributed by atoms with Crippen molar-refractivity contribution >= 4 is 11.6 Å². The standard InChI is InChI=1S/C10H13ClO2/c1-7-3-2-4-8(5-7)10(13)9(12)6-11/h2-5,9-10,12-13H,6H2,1H3. The van der Waals surface area contributed by atoms with E-state index >= 15 is 0 Å². The zero-order chi connectivity index (χ0) is 9.84. The number of aliphatic hydroxyl groups is 2. The first-order valence-corrected chi connectivity index (χ1v) is 4.67. The van der Waals surface area contributed by atoms with Crippen LogP contribution in [-0.2, 0) is 0 Å². The van der Waals surface area contributed by atoms with E-state index in [2.05, 4.69) is 0 Å². The molecule has 2 atom stereocenters. The van der Waals surface area contributed by atoms with Crippen LogP contribution in [0.5, 0.6) is 0 Å². The van der Waals surface area contributed by atoms with Gasteiger partial charge in [0.1, 0.15) is 6.10 Å². The van der Waals surface area contributed by atoms with Crippen molar-refractivity contribution in [1.82, 2.24) is 0 Å². The van der Waals surface area contributed by atoms with E-state index in [1.807, 2.05) is 25.1 Å². The zero-order valence-electron chi connectivity index (χ0n) is 7.44. The second kappa shape index (κ2) is 4.61. The second-order valence-electron chi connectivity index (χ2n) is 3.08. The molecule has 2 N–H and O–H groups in total. The highest BCUT2D eigenvalue weighted by Crippen LogP contribution is 2.18. The van der Waals surface area contributed by atoms with Gasteiger partial charge in [-0.25, -0.2) is 0 Å². The van der Waals surface area contributed by atoms with E-state index in [9.17, 15) is 10.2 Å². The Morgan fingerprint density at radius 1 is 1.38 bits per heavy atom. The van der Waals surface area contributed by atoms with Gasteiger partial charge < -0.3 is 10.2 Å². The molecule has 0 amide bonds. The van der Waals surface area contributed by atoms with Gasteiger partial charge in [0.2, 0.25) is 0 Å². The molecule has 72 valence electrons. The summed E-state index contributed by atoms with van der Waals surface area (Å²) >= 11 is 5.43. The third-order valence-electron chi connectivity index (χ3n) is 1.91. The van der Waals surface area contributed by atoms with E-state index < -0.39 is 12.2 Å². The number of aliphatic hydroxyl groups excluding tert-OH is 2. The van der Waals surface area contributed by atoms with Gasteiger partial charge in [-0.3, -0.25) is 0 Å². The van der Waals surface area contributed by atoms with Gasteiger partial charge in [-0.05, 0) is 12.5 Å². The van der Waals surface area contributed by atoms with Crippen molar-refractivity contribution in [3.63, 3.8) is 0 Å². The number of rotatable bonds is 3. The highest BCUT2D eigenvalue weighted by atomic mass is 35.5. The molecule has 1 aromatic carbocycles. The highest BCUT2D eigenvalue weighted by molar-refractivity contribution is 6.18. The van der Waals surface area contributed by atoms with Gasteiger partial charge in [0, 0.05) is 0 Å². The molecule has 0 aliphatic rings. The fourth-order valence-corrected chi connectivity index (χ4v) is 1.33. The van der Waals surface area contributed by atoms with Crippen molar-refractivity contribution in [2.24, 2.45) is 0 Å². The van der Waals surface area contributed by atoms with Crippen LogP contribution in [0.1, 0.15) is 17.2 Å². The minimum Gasteiger partial charge on any atom is -0.389 e. The smallest absolute Gasteiger partial charge is 0.106 e. The van der Waals surface area contributed by atoms with E-state index in [0.717, 1.165) is 5.56 Å². The number of hydrogen-bond donors (Lipinski definition) is 2. The molecule has 3 heteroatoms. The third-order valence-corrected chi connectivity index (χ3v) is 2.22. The lowest BCUT2D eigenvalue weighted by Gasteiger charge is -2.15. The van der Waals surface area contributed by atoms with E-state index in [1.54, 1.807) is 6.07 Å². The topological polar surface area (TPSA) is 40.5 Å². The van der Waals surface area contributed by atoms with Crippen molar-refractivity contribution in [3.8, 4) is 0 Å². The summed E-state index contributed by atoms with van der Waals surface area (Å²) in [7, 11) is 0. The van der Waals surface area contributed by atoms with Crippen LogP contribution >= 0.6 is 11.6 Å². The number of aryl methyl sites for hydroxylation is 1. The molecule has 0 aromatic heterocycles. The molecule has 0 aliphatic heterocycles. The predicted octanol–water partition coefficient (Wildman–Crippen LogP) is 1.63. The van der Waals surface area contributed by atoms with Crippen molar-refractivity contribution in [1.29, 1.82) is 0 Å². The van der Waals surface area contributed by atoms with Crippen LogP contribution < -0.4 is 0 Å².